The Hall–Kier alpha value is -12.6. The lowest BCUT2D eigenvalue weighted by atomic mass is 9.85. The molecule has 0 saturated carbocycles. The monoisotopic (exact) mass is 1480 g/mol. The first-order valence-electron chi connectivity index (χ1n) is 38.6. The average molecular weight is 1480 g/mol. The van der Waals surface area contributed by atoms with E-state index >= 15 is 0 Å². The summed E-state index contributed by atoms with van der Waals surface area (Å²) in [5.74, 6) is 0. The summed E-state index contributed by atoms with van der Waals surface area (Å²) in [5, 5.41) is 15.5. The third-order valence-electron chi connectivity index (χ3n) is 22.7. The van der Waals surface area contributed by atoms with Crippen molar-refractivity contribution in [2.75, 3.05) is 9.80 Å². The Balaban J connectivity index is 0.962. The lowest BCUT2D eigenvalue weighted by Gasteiger charge is -2.37. The van der Waals surface area contributed by atoms with Crippen LogP contribution >= 0.6 is 11.6 Å². The van der Waals surface area contributed by atoms with Crippen molar-refractivity contribution in [2.45, 2.75) is 52.4 Å². The van der Waals surface area contributed by atoms with Gasteiger partial charge in [0.25, 0.3) is 0 Å². The molecule has 0 amide bonds. The van der Waals surface area contributed by atoms with Crippen molar-refractivity contribution in [1.82, 2.24) is 9.13 Å². The first-order chi connectivity index (χ1) is 54.2. The van der Waals surface area contributed by atoms with Gasteiger partial charge in [-0.05, 0) is 178 Å². The number of rotatable bonds is 17. The standard InChI is InChI=1S/C104H85ClN4Si2/c1-103(2,3)76-61-65-98-94(67-76)95-68-77(104(4,5)6)62-66-99(95)108(98)80-38-32-37-79(69-80)106(78-63-59-75(60-64-78)74-35-14-7-15-36-74)100-72-83(109-96-57-30-28-55-92(96)93-56-29-31-58-97(93)109)73-101(102(100)105)107(81-39-33-53-90(70-81)110(84-41-16-8-17-42-84,85-43-18-9-19-44-85)86-45-20-10-21-46-86)82-40-34-54-91(71-82)111(87-47-22-11-23-48-87,88-49-24-12-25-50-88)89-51-26-13-27-52-89/h7-73H,1-6H3. The highest BCUT2D eigenvalue weighted by Crippen LogP contribution is 2.50. The van der Waals surface area contributed by atoms with E-state index in [1.807, 2.05) is 0 Å². The van der Waals surface area contributed by atoms with Crippen molar-refractivity contribution in [3.8, 4) is 22.5 Å². The Labute approximate surface area is 658 Å². The van der Waals surface area contributed by atoms with Crippen LogP contribution in [0.3, 0.4) is 0 Å². The molecule has 0 aliphatic carbocycles. The third kappa shape index (κ3) is 12.4. The summed E-state index contributed by atoms with van der Waals surface area (Å²) in [6.07, 6.45) is 0. The van der Waals surface area contributed by atoms with Crippen LogP contribution in [0.25, 0.3) is 66.1 Å². The van der Waals surface area contributed by atoms with Crippen LogP contribution in [0.15, 0.2) is 406 Å². The number of benzene rings is 16. The molecule has 0 spiro atoms. The van der Waals surface area contributed by atoms with Crippen LogP contribution in [0.1, 0.15) is 52.7 Å². The van der Waals surface area contributed by atoms with Crippen molar-refractivity contribution in [3.63, 3.8) is 0 Å². The van der Waals surface area contributed by atoms with Crippen LogP contribution in [0.4, 0.5) is 34.1 Å². The van der Waals surface area contributed by atoms with Gasteiger partial charge in [-0.15, -0.1) is 0 Å². The molecule has 0 aliphatic rings. The van der Waals surface area contributed by atoms with Gasteiger partial charge in [-0.25, -0.2) is 0 Å². The first kappa shape index (κ1) is 70.1. The van der Waals surface area contributed by atoms with Crippen LogP contribution in [-0.2, 0) is 10.8 Å². The fourth-order valence-corrected chi connectivity index (χ4v) is 27.3. The maximum absolute atomic E-state index is 9.05. The van der Waals surface area contributed by atoms with Crippen molar-refractivity contribution >= 4 is 147 Å². The SMILES string of the molecule is CC(C)(C)c1ccc2c(c1)c1cc(C(C)(C)C)ccc1n2-c1cccc(N(c2ccc(-c3ccccc3)cc2)c2cc(-n3c4ccccc4c4ccccc43)cc(N(c3cccc([Si](c4ccccc4)(c4ccccc4)c4ccccc4)c3)c3cccc([Si](c4ccccc4)(c4ccccc4)c4ccccc4)c3)c2Cl)c1. The highest BCUT2D eigenvalue weighted by Gasteiger charge is 2.44. The Bertz CT molecular complexity index is 5920. The Morgan fingerprint density at radius 2 is 0.541 bits per heavy atom. The second kappa shape index (κ2) is 28.8. The summed E-state index contributed by atoms with van der Waals surface area (Å²) in [5.41, 5.74) is 16.5. The molecule has 0 N–H and O–H groups in total. The second-order valence-corrected chi connectivity index (χ2v) is 39.4. The summed E-state index contributed by atoms with van der Waals surface area (Å²) in [4.78, 5) is 4.89. The molecular weight excluding hydrogens is 1400 g/mol. The highest BCUT2D eigenvalue weighted by molar-refractivity contribution is 7.20. The summed E-state index contributed by atoms with van der Waals surface area (Å²) >= 11 is 9.05. The lowest BCUT2D eigenvalue weighted by Crippen LogP contribution is -2.74. The third-order valence-corrected chi connectivity index (χ3v) is 32.7. The number of fused-ring (bicyclic) bond motifs is 6. The Kier molecular flexibility index (Phi) is 18.2. The van der Waals surface area contributed by atoms with Gasteiger partial charge in [-0.1, -0.05) is 356 Å². The van der Waals surface area contributed by atoms with Gasteiger partial charge in [0.05, 0.1) is 44.2 Å². The number of hydrogen-bond donors (Lipinski definition) is 0. The zero-order chi connectivity index (χ0) is 75.4. The fraction of sp³-hybridized carbons (Fsp3) is 0.0769. The number of aromatic nitrogens is 2. The summed E-state index contributed by atoms with van der Waals surface area (Å²) in [6.45, 7) is 13.9. The zero-order valence-corrected chi connectivity index (χ0v) is 66.1. The van der Waals surface area contributed by atoms with E-state index in [1.165, 1.54) is 63.4 Å². The van der Waals surface area contributed by atoms with E-state index in [1.54, 1.807) is 0 Å². The van der Waals surface area contributed by atoms with E-state index < -0.39 is 16.1 Å². The fourth-order valence-electron chi connectivity index (χ4n) is 17.4. The minimum absolute atomic E-state index is 0.0641. The lowest BCUT2D eigenvalue weighted by molar-refractivity contribution is 0.590. The van der Waals surface area contributed by atoms with Gasteiger partial charge in [0, 0.05) is 50.0 Å². The molecule has 0 saturated heterocycles. The molecule has 18 rings (SSSR count). The second-order valence-electron chi connectivity index (χ2n) is 31.4. The van der Waals surface area contributed by atoms with Crippen molar-refractivity contribution < 1.29 is 0 Å². The molecule has 0 radical (unpaired) electrons. The van der Waals surface area contributed by atoms with E-state index in [9.17, 15) is 0 Å². The largest absolute Gasteiger partial charge is 0.309 e. The molecule has 0 bridgehead atoms. The Morgan fingerprint density at radius 1 is 0.234 bits per heavy atom. The van der Waals surface area contributed by atoms with Gasteiger partial charge < -0.3 is 18.9 Å². The van der Waals surface area contributed by atoms with E-state index in [2.05, 4.69) is 467 Å². The number of anilines is 6. The maximum Gasteiger partial charge on any atom is 0.179 e. The number of para-hydroxylation sites is 2. The van der Waals surface area contributed by atoms with Crippen LogP contribution in [0.5, 0.6) is 0 Å². The van der Waals surface area contributed by atoms with Gasteiger partial charge in [0.2, 0.25) is 0 Å². The van der Waals surface area contributed by atoms with E-state index in [0.29, 0.717) is 5.02 Å². The van der Waals surface area contributed by atoms with Crippen LogP contribution in [0.2, 0.25) is 5.02 Å². The molecule has 111 heavy (non-hydrogen) atoms. The van der Waals surface area contributed by atoms with Gasteiger partial charge in [0.1, 0.15) is 0 Å². The number of halogens is 1. The smallest absolute Gasteiger partial charge is 0.179 e. The van der Waals surface area contributed by atoms with Crippen LogP contribution < -0.4 is 51.3 Å². The predicted molar refractivity (Wildman–Crippen MR) is 480 cm³/mol. The molecule has 0 atom stereocenters. The van der Waals surface area contributed by atoms with Crippen molar-refractivity contribution in [3.05, 3.63) is 423 Å². The molecule has 0 aliphatic heterocycles. The maximum atomic E-state index is 9.05. The minimum atomic E-state index is -3.18. The molecule has 2 aromatic heterocycles. The molecule has 536 valence electrons. The predicted octanol–water partition coefficient (Wildman–Crippen LogP) is 22.5. The first-order valence-corrected chi connectivity index (χ1v) is 42.9. The van der Waals surface area contributed by atoms with E-state index in [0.717, 1.165) is 89.5 Å². The number of nitrogens with zero attached hydrogens (tertiary/aromatic N) is 4. The summed E-state index contributed by atoms with van der Waals surface area (Å²) < 4.78 is 4.93. The van der Waals surface area contributed by atoms with E-state index in [4.69, 9.17) is 11.6 Å². The molecule has 2 heterocycles. The van der Waals surface area contributed by atoms with Gasteiger partial charge in [-0.2, -0.15) is 0 Å². The highest BCUT2D eigenvalue weighted by atomic mass is 35.5. The quantitative estimate of drug-likeness (QED) is 0.0667. The normalized spacial score (nSPS) is 12.1. The van der Waals surface area contributed by atoms with Crippen molar-refractivity contribution in [2.24, 2.45) is 0 Å². The van der Waals surface area contributed by atoms with Gasteiger partial charge in [0.15, 0.2) is 16.1 Å². The van der Waals surface area contributed by atoms with Crippen LogP contribution in [0, 0.1) is 0 Å². The average Bonchev–Trinajstić information content (AvgIpc) is 1.49. The number of hydrogen-bond acceptors (Lipinski definition) is 2. The van der Waals surface area contributed by atoms with Crippen molar-refractivity contribution in [1.29, 1.82) is 0 Å². The molecule has 18 aromatic rings. The molecule has 4 nitrogen and oxygen atoms in total. The van der Waals surface area contributed by atoms with Crippen LogP contribution in [-0.4, -0.2) is 25.3 Å². The zero-order valence-electron chi connectivity index (χ0n) is 63.3. The molecule has 0 unspecified atom stereocenters. The van der Waals surface area contributed by atoms with Gasteiger partial charge in [-0.3, -0.25) is 0 Å². The summed E-state index contributed by atoms with van der Waals surface area (Å²) in [7, 11) is -6.36. The van der Waals surface area contributed by atoms with Gasteiger partial charge >= 0.3 is 0 Å². The van der Waals surface area contributed by atoms with E-state index in [-0.39, 0.29) is 10.8 Å². The molecule has 0 fully saturated rings. The topological polar surface area (TPSA) is 16.3 Å². The molecule has 7 heteroatoms. The minimum Gasteiger partial charge on any atom is -0.309 e. The molecule has 16 aromatic carbocycles. The Morgan fingerprint density at radius 3 is 0.928 bits per heavy atom. The summed E-state index contributed by atoms with van der Waals surface area (Å²) in [6, 6.07) is 152. The molecular formula is C104H85ClN4Si2.